The Morgan fingerprint density at radius 3 is 2.40 bits per heavy atom. The van der Waals surface area contributed by atoms with E-state index in [0.29, 0.717) is 31.2 Å². The predicted octanol–water partition coefficient (Wildman–Crippen LogP) is 5.05. The number of benzene rings is 1. The Bertz CT molecular complexity index is 838. The number of carbonyl (C=O) groups is 2. The summed E-state index contributed by atoms with van der Waals surface area (Å²) in [5, 5.41) is 3.25. The molecule has 0 bridgehead atoms. The molecule has 1 saturated heterocycles. The molecule has 1 heterocycles. The van der Waals surface area contributed by atoms with E-state index in [0.717, 1.165) is 55.4 Å². The molecule has 35 heavy (non-hydrogen) atoms. The smallest absolute Gasteiger partial charge is 0.243 e. The molecule has 194 valence electrons. The first-order chi connectivity index (χ1) is 16.8. The van der Waals surface area contributed by atoms with Gasteiger partial charge in [-0.1, -0.05) is 82.6 Å². The summed E-state index contributed by atoms with van der Waals surface area (Å²) in [7, 11) is 0. The van der Waals surface area contributed by atoms with Crippen molar-refractivity contribution in [2.75, 3.05) is 6.54 Å². The lowest BCUT2D eigenvalue weighted by Gasteiger charge is -2.33. The number of nitrogens with zero attached hydrogens (tertiary/aromatic N) is 1. The molecule has 5 nitrogen and oxygen atoms in total. The maximum Gasteiger partial charge on any atom is 0.243 e. The van der Waals surface area contributed by atoms with Gasteiger partial charge in [-0.2, -0.15) is 0 Å². The van der Waals surface area contributed by atoms with Gasteiger partial charge in [-0.3, -0.25) is 9.59 Å². The van der Waals surface area contributed by atoms with Crippen LogP contribution in [0.15, 0.2) is 30.3 Å². The first-order valence-electron chi connectivity index (χ1n) is 13.7. The van der Waals surface area contributed by atoms with Gasteiger partial charge < -0.3 is 16.0 Å². The molecule has 6 heteroatoms. The highest BCUT2D eigenvalue weighted by molar-refractivity contribution is 7.80. The highest BCUT2D eigenvalue weighted by Gasteiger charge is 2.39. The van der Waals surface area contributed by atoms with E-state index in [1.54, 1.807) is 4.90 Å². The lowest BCUT2D eigenvalue weighted by Crippen LogP contribution is -2.55. The molecule has 0 radical (unpaired) electrons. The maximum absolute atomic E-state index is 13.5. The van der Waals surface area contributed by atoms with Crippen LogP contribution in [0.1, 0.15) is 84.1 Å². The lowest BCUT2D eigenvalue weighted by atomic mass is 9.83. The van der Waals surface area contributed by atoms with E-state index in [4.69, 9.17) is 18.0 Å². The van der Waals surface area contributed by atoms with Crippen LogP contribution in [0.4, 0.5) is 0 Å². The molecule has 0 unspecified atom stereocenters. The van der Waals surface area contributed by atoms with Crippen molar-refractivity contribution in [1.29, 1.82) is 0 Å². The number of rotatable bonds is 11. The summed E-state index contributed by atoms with van der Waals surface area (Å²) >= 11 is 5.89. The summed E-state index contributed by atoms with van der Waals surface area (Å²) in [4.78, 5) is 29.5. The van der Waals surface area contributed by atoms with Gasteiger partial charge in [-0.15, -0.1) is 0 Å². The molecule has 0 spiro atoms. The number of thiocarbonyl (C=S) groups is 1. The average Bonchev–Trinajstić information content (AvgIpc) is 3.33. The van der Waals surface area contributed by atoms with E-state index in [1.165, 1.54) is 6.42 Å². The summed E-state index contributed by atoms with van der Waals surface area (Å²) in [6.45, 7) is 7.30. The number of hydrogen-bond acceptors (Lipinski definition) is 4. The van der Waals surface area contributed by atoms with Crippen LogP contribution in [0.2, 0.25) is 0 Å². The van der Waals surface area contributed by atoms with Crippen molar-refractivity contribution in [3.63, 3.8) is 0 Å². The van der Waals surface area contributed by atoms with Gasteiger partial charge in [0, 0.05) is 11.4 Å². The molecule has 1 aliphatic carbocycles. The quantitative estimate of drug-likeness (QED) is 0.418. The Morgan fingerprint density at radius 2 is 1.74 bits per heavy atom. The minimum absolute atomic E-state index is 0.0534. The molecule has 2 aliphatic rings. The molecule has 2 amide bonds. The van der Waals surface area contributed by atoms with Crippen LogP contribution >= 0.6 is 12.2 Å². The van der Waals surface area contributed by atoms with Crippen LogP contribution < -0.4 is 11.1 Å². The van der Waals surface area contributed by atoms with Gasteiger partial charge in [0.05, 0.1) is 12.1 Å². The second-order valence-electron chi connectivity index (χ2n) is 11.3. The fraction of sp³-hybridized carbons (Fsp3) is 0.690. The fourth-order valence-electron chi connectivity index (χ4n) is 5.93. The fourth-order valence-corrected chi connectivity index (χ4v) is 6.35. The summed E-state index contributed by atoms with van der Waals surface area (Å²) in [6, 6.07) is 9.01. The van der Waals surface area contributed by atoms with Crippen molar-refractivity contribution in [3.05, 3.63) is 35.9 Å². The number of carbonyl (C=O) groups excluding carboxylic acids is 2. The third-order valence-electron chi connectivity index (χ3n) is 7.69. The Hall–Kier alpha value is -1.79. The predicted molar refractivity (Wildman–Crippen MR) is 147 cm³/mol. The van der Waals surface area contributed by atoms with E-state index in [9.17, 15) is 9.59 Å². The maximum atomic E-state index is 13.5. The Kier molecular flexibility index (Phi) is 10.7. The number of nitrogens with two attached hydrogens (primary N) is 1. The Morgan fingerprint density at radius 1 is 1.06 bits per heavy atom. The number of hydrogen-bond donors (Lipinski definition) is 2. The van der Waals surface area contributed by atoms with E-state index < -0.39 is 12.1 Å². The molecule has 3 N–H and O–H groups in total. The Labute approximate surface area is 217 Å². The molecular weight excluding hydrogens is 454 g/mol. The summed E-state index contributed by atoms with van der Waals surface area (Å²) in [5.41, 5.74) is 7.59. The molecule has 2 fully saturated rings. The zero-order valence-corrected chi connectivity index (χ0v) is 22.7. The van der Waals surface area contributed by atoms with Gasteiger partial charge in [0.2, 0.25) is 11.8 Å². The van der Waals surface area contributed by atoms with E-state index in [1.807, 2.05) is 18.2 Å². The Balaban J connectivity index is 1.68. The summed E-state index contributed by atoms with van der Waals surface area (Å²) < 4.78 is 0. The normalized spacial score (nSPS) is 21.5. The second kappa shape index (κ2) is 13.5. The van der Waals surface area contributed by atoms with Crippen molar-refractivity contribution in [2.24, 2.45) is 23.5 Å². The monoisotopic (exact) mass is 499 g/mol. The molecule has 1 aromatic rings. The highest BCUT2D eigenvalue weighted by atomic mass is 32.1. The molecule has 1 aliphatic heterocycles. The van der Waals surface area contributed by atoms with Crippen molar-refractivity contribution in [3.8, 4) is 0 Å². The topological polar surface area (TPSA) is 75.4 Å². The third kappa shape index (κ3) is 8.11. The van der Waals surface area contributed by atoms with Gasteiger partial charge >= 0.3 is 0 Å². The molecule has 3 rings (SSSR count). The second-order valence-corrected chi connectivity index (χ2v) is 11.8. The molecule has 0 aromatic heterocycles. The van der Waals surface area contributed by atoms with E-state index in [2.05, 4.69) is 38.2 Å². The lowest BCUT2D eigenvalue weighted by molar-refractivity contribution is -0.140. The van der Waals surface area contributed by atoms with Crippen molar-refractivity contribution >= 4 is 28.9 Å². The van der Waals surface area contributed by atoms with Crippen LogP contribution in [-0.4, -0.2) is 46.2 Å². The van der Waals surface area contributed by atoms with Crippen molar-refractivity contribution in [1.82, 2.24) is 10.2 Å². The molecule has 4 atom stereocenters. The highest BCUT2D eigenvalue weighted by Crippen LogP contribution is 2.28. The average molecular weight is 500 g/mol. The molecular formula is C29H45N3O2S. The van der Waals surface area contributed by atoms with Crippen molar-refractivity contribution in [2.45, 2.75) is 103 Å². The van der Waals surface area contributed by atoms with Crippen LogP contribution in [0.3, 0.4) is 0 Å². The first kappa shape index (κ1) is 27.8. The van der Waals surface area contributed by atoms with Gasteiger partial charge in [0.15, 0.2) is 0 Å². The van der Waals surface area contributed by atoms with Crippen LogP contribution in [0, 0.1) is 17.8 Å². The SMILES string of the molecule is CC(C)C[C@@H](C)CC(=S)[C@H](Cc1ccccc1)NC(=O)[C@@H]1CCCN1C(=O)[C@@H](N)C1CCCCC1. The van der Waals surface area contributed by atoms with Crippen LogP contribution in [0.25, 0.3) is 0 Å². The van der Waals surface area contributed by atoms with Crippen LogP contribution in [0.5, 0.6) is 0 Å². The minimum Gasteiger partial charge on any atom is -0.347 e. The third-order valence-corrected chi connectivity index (χ3v) is 8.14. The zero-order valence-electron chi connectivity index (χ0n) is 21.9. The summed E-state index contributed by atoms with van der Waals surface area (Å²) in [5.74, 6) is 1.17. The first-order valence-corrected chi connectivity index (χ1v) is 14.1. The van der Waals surface area contributed by atoms with Crippen LogP contribution in [-0.2, 0) is 16.0 Å². The van der Waals surface area contributed by atoms with Gasteiger partial charge in [-0.05, 0) is 68.3 Å². The number of amides is 2. The number of likely N-dealkylation sites (tertiary alicyclic amines) is 1. The molecule has 1 saturated carbocycles. The number of nitrogens with one attached hydrogen (secondary N) is 1. The van der Waals surface area contributed by atoms with E-state index >= 15 is 0 Å². The molecule has 1 aromatic carbocycles. The van der Waals surface area contributed by atoms with Crippen molar-refractivity contribution < 1.29 is 9.59 Å². The van der Waals surface area contributed by atoms with Gasteiger partial charge in [0.1, 0.15) is 6.04 Å². The largest absolute Gasteiger partial charge is 0.347 e. The standard InChI is InChI=1S/C29H45N3O2S/c1-20(2)17-21(3)18-26(35)24(19-22-11-6-4-7-12-22)31-28(33)25-15-10-16-32(25)29(34)27(30)23-13-8-5-9-14-23/h4,6-7,11-12,20-21,23-25,27H,5,8-10,13-19,30H2,1-3H3,(H,31,33)/t21-,24+,25+,27+/m1/s1. The van der Waals surface area contributed by atoms with Gasteiger partial charge in [0.25, 0.3) is 0 Å². The minimum atomic E-state index is -0.498. The van der Waals surface area contributed by atoms with Gasteiger partial charge in [-0.25, -0.2) is 0 Å². The zero-order chi connectivity index (χ0) is 25.4. The summed E-state index contributed by atoms with van der Waals surface area (Å²) in [6.07, 6.45) is 9.64. The van der Waals surface area contributed by atoms with E-state index in [-0.39, 0.29) is 23.8 Å².